The first-order valence-electron chi connectivity index (χ1n) is 5.93. The number of nitriles is 1. The summed E-state index contributed by atoms with van der Waals surface area (Å²) >= 11 is 0. The summed E-state index contributed by atoms with van der Waals surface area (Å²) in [6, 6.07) is 9.23. The standard InChI is InChI=1S/C14H18N2O/c1-3-4-8-14(17)16-13(10-15)12-7-5-6-11(2)9-12/h5-7,9,13H,3-4,8H2,1-2H3,(H,16,17). The van der Waals surface area contributed by atoms with E-state index in [0.717, 1.165) is 24.0 Å². The summed E-state index contributed by atoms with van der Waals surface area (Å²) in [5.41, 5.74) is 1.93. The van der Waals surface area contributed by atoms with Gasteiger partial charge in [0.1, 0.15) is 6.04 Å². The molecule has 17 heavy (non-hydrogen) atoms. The van der Waals surface area contributed by atoms with Crippen LogP contribution in [0.4, 0.5) is 0 Å². The van der Waals surface area contributed by atoms with Crippen molar-refractivity contribution < 1.29 is 4.79 Å². The average molecular weight is 230 g/mol. The average Bonchev–Trinajstić information content (AvgIpc) is 2.33. The van der Waals surface area contributed by atoms with Gasteiger partial charge in [-0.25, -0.2) is 0 Å². The van der Waals surface area contributed by atoms with Crippen LogP contribution in [0.2, 0.25) is 0 Å². The van der Waals surface area contributed by atoms with Gasteiger partial charge in [0.2, 0.25) is 5.91 Å². The first-order valence-corrected chi connectivity index (χ1v) is 5.93. The second-order valence-corrected chi connectivity index (χ2v) is 4.15. The quantitative estimate of drug-likeness (QED) is 0.845. The van der Waals surface area contributed by atoms with Crippen LogP contribution >= 0.6 is 0 Å². The van der Waals surface area contributed by atoms with Crippen LogP contribution in [-0.2, 0) is 4.79 Å². The molecule has 0 bridgehead atoms. The van der Waals surface area contributed by atoms with Gasteiger partial charge in [-0.15, -0.1) is 0 Å². The Labute approximate surface area is 102 Å². The van der Waals surface area contributed by atoms with Crippen LogP contribution in [0.3, 0.4) is 0 Å². The van der Waals surface area contributed by atoms with Crippen LogP contribution in [0, 0.1) is 18.3 Å². The highest BCUT2D eigenvalue weighted by atomic mass is 16.1. The maximum absolute atomic E-state index is 11.6. The van der Waals surface area contributed by atoms with Gasteiger partial charge >= 0.3 is 0 Å². The number of carbonyl (C=O) groups excluding carboxylic acids is 1. The van der Waals surface area contributed by atoms with Gasteiger partial charge in [0.15, 0.2) is 0 Å². The molecule has 1 unspecified atom stereocenters. The molecule has 1 aromatic rings. The van der Waals surface area contributed by atoms with E-state index < -0.39 is 6.04 Å². The summed E-state index contributed by atoms with van der Waals surface area (Å²) < 4.78 is 0. The Balaban J connectivity index is 2.67. The third-order valence-corrected chi connectivity index (χ3v) is 2.57. The number of nitrogens with one attached hydrogen (secondary N) is 1. The lowest BCUT2D eigenvalue weighted by molar-refractivity contribution is -0.121. The van der Waals surface area contributed by atoms with Crippen LogP contribution in [0.1, 0.15) is 43.4 Å². The molecule has 0 aromatic heterocycles. The van der Waals surface area contributed by atoms with E-state index in [2.05, 4.69) is 11.4 Å². The molecule has 1 amide bonds. The van der Waals surface area contributed by atoms with Crippen molar-refractivity contribution in [1.82, 2.24) is 5.32 Å². The highest BCUT2D eigenvalue weighted by Crippen LogP contribution is 2.14. The van der Waals surface area contributed by atoms with Crippen molar-refractivity contribution in [2.45, 2.75) is 39.2 Å². The minimum Gasteiger partial charge on any atom is -0.337 e. The van der Waals surface area contributed by atoms with Crippen molar-refractivity contribution in [1.29, 1.82) is 5.26 Å². The minimum absolute atomic E-state index is 0.0556. The van der Waals surface area contributed by atoms with Gasteiger partial charge in [0.05, 0.1) is 6.07 Å². The van der Waals surface area contributed by atoms with Crippen molar-refractivity contribution in [2.24, 2.45) is 0 Å². The molecule has 0 fully saturated rings. The third-order valence-electron chi connectivity index (χ3n) is 2.57. The zero-order chi connectivity index (χ0) is 12.7. The predicted octanol–water partition coefficient (Wildman–Crippen LogP) is 2.87. The Kier molecular flexibility index (Phi) is 5.22. The number of amides is 1. The number of hydrogen-bond donors (Lipinski definition) is 1. The van der Waals surface area contributed by atoms with Crippen LogP contribution < -0.4 is 5.32 Å². The van der Waals surface area contributed by atoms with E-state index in [1.807, 2.05) is 38.1 Å². The van der Waals surface area contributed by atoms with Gasteiger partial charge < -0.3 is 5.32 Å². The number of aryl methyl sites for hydroxylation is 1. The largest absolute Gasteiger partial charge is 0.337 e. The summed E-state index contributed by atoms with van der Waals surface area (Å²) in [5.74, 6) is -0.0556. The van der Waals surface area contributed by atoms with E-state index in [9.17, 15) is 4.79 Å². The van der Waals surface area contributed by atoms with Crippen LogP contribution in [0.15, 0.2) is 24.3 Å². The van der Waals surface area contributed by atoms with Crippen molar-refractivity contribution in [3.63, 3.8) is 0 Å². The van der Waals surface area contributed by atoms with Gasteiger partial charge in [0, 0.05) is 6.42 Å². The summed E-state index contributed by atoms with van der Waals surface area (Å²) in [5, 5.41) is 11.8. The smallest absolute Gasteiger partial charge is 0.221 e. The monoisotopic (exact) mass is 230 g/mol. The Morgan fingerprint density at radius 2 is 2.29 bits per heavy atom. The lowest BCUT2D eigenvalue weighted by atomic mass is 10.1. The number of nitrogens with zero attached hydrogens (tertiary/aromatic N) is 1. The van der Waals surface area contributed by atoms with Gasteiger partial charge in [-0.1, -0.05) is 43.2 Å². The molecule has 0 heterocycles. The molecule has 1 aromatic carbocycles. The molecule has 90 valence electrons. The molecule has 1 rings (SSSR count). The van der Waals surface area contributed by atoms with E-state index in [1.54, 1.807) is 0 Å². The zero-order valence-electron chi connectivity index (χ0n) is 10.4. The molecule has 3 heteroatoms. The predicted molar refractivity (Wildman–Crippen MR) is 67.2 cm³/mol. The van der Waals surface area contributed by atoms with E-state index in [0.29, 0.717) is 6.42 Å². The van der Waals surface area contributed by atoms with Gasteiger partial charge in [-0.3, -0.25) is 4.79 Å². The summed E-state index contributed by atoms with van der Waals surface area (Å²) in [6.07, 6.45) is 2.33. The molecular formula is C14H18N2O. The lowest BCUT2D eigenvalue weighted by Crippen LogP contribution is -2.27. The lowest BCUT2D eigenvalue weighted by Gasteiger charge is -2.12. The van der Waals surface area contributed by atoms with Gasteiger partial charge in [-0.2, -0.15) is 5.26 Å². The fourth-order valence-corrected chi connectivity index (χ4v) is 1.61. The Morgan fingerprint density at radius 1 is 1.53 bits per heavy atom. The van der Waals surface area contributed by atoms with Crippen LogP contribution in [-0.4, -0.2) is 5.91 Å². The maximum Gasteiger partial charge on any atom is 0.221 e. The molecule has 1 N–H and O–H groups in total. The summed E-state index contributed by atoms with van der Waals surface area (Å²) in [7, 11) is 0. The molecule has 0 spiro atoms. The Hall–Kier alpha value is -1.82. The first-order chi connectivity index (χ1) is 8.17. The van der Waals surface area contributed by atoms with E-state index in [1.165, 1.54) is 0 Å². The zero-order valence-corrected chi connectivity index (χ0v) is 10.4. The Bertz CT molecular complexity index is 420. The molecule has 0 saturated heterocycles. The second-order valence-electron chi connectivity index (χ2n) is 4.15. The van der Waals surface area contributed by atoms with Gasteiger partial charge in [-0.05, 0) is 18.9 Å². The molecule has 0 aliphatic rings. The van der Waals surface area contributed by atoms with E-state index in [4.69, 9.17) is 5.26 Å². The third kappa shape index (κ3) is 4.28. The highest BCUT2D eigenvalue weighted by molar-refractivity contribution is 5.76. The number of unbranched alkanes of at least 4 members (excludes halogenated alkanes) is 1. The van der Waals surface area contributed by atoms with Gasteiger partial charge in [0.25, 0.3) is 0 Å². The Morgan fingerprint density at radius 3 is 2.88 bits per heavy atom. The maximum atomic E-state index is 11.6. The molecule has 0 saturated carbocycles. The fraction of sp³-hybridized carbons (Fsp3) is 0.429. The van der Waals surface area contributed by atoms with Crippen LogP contribution in [0.25, 0.3) is 0 Å². The molecule has 3 nitrogen and oxygen atoms in total. The molecule has 0 aliphatic heterocycles. The van der Waals surface area contributed by atoms with Crippen molar-refractivity contribution in [3.05, 3.63) is 35.4 Å². The minimum atomic E-state index is -0.542. The topological polar surface area (TPSA) is 52.9 Å². The summed E-state index contributed by atoms with van der Waals surface area (Å²) in [4.78, 5) is 11.6. The normalized spacial score (nSPS) is 11.6. The highest BCUT2D eigenvalue weighted by Gasteiger charge is 2.13. The second kappa shape index (κ2) is 6.70. The summed E-state index contributed by atoms with van der Waals surface area (Å²) in [6.45, 7) is 4.01. The SMILES string of the molecule is CCCCC(=O)NC(C#N)c1cccc(C)c1. The van der Waals surface area contributed by atoms with Crippen LogP contribution in [0.5, 0.6) is 0 Å². The molecular weight excluding hydrogens is 212 g/mol. The van der Waals surface area contributed by atoms with E-state index in [-0.39, 0.29) is 5.91 Å². The molecule has 1 atom stereocenters. The number of hydrogen-bond acceptors (Lipinski definition) is 2. The van der Waals surface area contributed by atoms with E-state index >= 15 is 0 Å². The first kappa shape index (κ1) is 13.2. The van der Waals surface area contributed by atoms with Crippen molar-refractivity contribution >= 4 is 5.91 Å². The number of rotatable bonds is 5. The van der Waals surface area contributed by atoms with Crippen molar-refractivity contribution in [3.8, 4) is 6.07 Å². The number of benzene rings is 1. The number of carbonyl (C=O) groups is 1. The molecule has 0 aliphatic carbocycles. The van der Waals surface area contributed by atoms with Crippen molar-refractivity contribution in [2.75, 3.05) is 0 Å². The fourth-order valence-electron chi connectivity index (χ4n) is 1.61. The molecule has 0 radical (unpaired) electrons.